The SMILES string of the molecule is O=C(N[C@H](CCC1CCCCC1)C(=S)NC1CCN(Cc2ccccc2)CC1)C1(c2ccccc2)CCCCC1. The molecule has 5 rings (SSSR count). The van der Waals surface area contributed by atoms with Crippen LogP contribution in [-0.2, 0) is 16.8 Å². The lowest BCUT2D eigenvalue weighted by atomic mass is 9.68. The fourth-order valence-corrected chi connectivity index (χ4v) is 7.72. The lowest BCUT2D eigenvalue weighted by molar-refractivity contribution is -0.128. The molecule has 5 heteroatoms. The molecule has 0 spiro atoms. The zero-order chi connectivity index (χ0) is 27.6. The molecule has 0 aromatic heterocycles. The Hall–Kier alpha value is -2.24. The summed E-state index contributed by atoms with van der Waals surface area (Å²) in [7, 11) is 0. The summed E-state index contributed by atoms with van der Waals surface area (Å²) in [5.74, 6) is 0.962. The number of nitrogens with one attached hydrogen (secondary N) is 2. The van der Waals surface area contributed by atoms with Crippen LogP contribution in [0, 0.1) is 5.92 Å². The normalized spacial score (nSPS) is 21.4. The molecule has 2 N–H and O–H groups in total. The molecule has 0 bridgehead atoms. The van der Waals surface area contributed by atoms with Gasteiger partial charge in [0, 0.05) is 25.7 Å². The predicted octanol–water partition coefficient (Wildman–Crippen LogP) is 7.32. The van der Waals surface area contributed by atoms with Gasteiger partial charge in [0.15, 0.2) is 0 Å². The number of carbonyl (C=O) groups excluding carboxylic acids is 1. The Morgan fingerprint density at radius 2 is 1.48 bits per heavy atom. The van der Waals surface area contributed by atoms with E-state index in [-0.39, 0.29) is 11.9 Å². The van der Waals surface area contributed by atoms with Gasteiger partial charge in [-0.2, -0.15) is 0 Å². The van der Waals surface area contributed by atoms with Crippen molar-refractivity contribution in [1.82, 2.24) is 15.5 Å². The van der Waals surface area contributed by atoms with Crippen molar-refractivity contribution in [2.75, 3.05) is 13.1 Å². The summed E-state index contributed by atoms with van der Waals surface area (Å²) in [6, 6.07) is 21.6. The topological polar surface area (TPSA) is 44.4 Å². The van der Waals surface area contributed by atoms with Gasteiger partial charge in [-0.1, -0.05) is 124 Å². The van der Waals surface area contributed by atoms with Crippen LogP contribution in [0.15, 0.2) is 60.7 Å². The highest BCUT2D eigenvalue weighted by molar-refractivity contribution is 7.80. The molecular formula is C35H49N3OS. The Morgan fingerprint density at radius 3 is 2.15 bits per heavy atom. The number of rotatable bonds is 10. The summed E-state index contributed by atoms with van der Waals surface area (Å²) < 4.78 is 0. The van der Waals surface area contributed by atoms with Gasteiger partial charge < -0.3 is 10.6 Å². The van der Waals surface area contributed by atoms with E-state index >= 15 is 0 Å². The van der Waals surface area contributed by atoms with Gasteiger partial charge in [0.2, 0.25) is 5.91 Å². The summed E-state index contributed by atoms with van der Waals surface area (Å²) >= 11 is 6.09. The van der Waals surface area contributed by atoms with E-state index in [1.54, 1.807) is 0 Å². The second-order valence-electron chi connectivity index (χ2n) is 12.7. The van der Waals surface area contributed by atoms with Gasteiger partial charge in [-0.25, -0.2) is 0 Å². The summed E-state index contributed by atoms with van der Waals surface area (Å²) in [6.07, 6.45) is 16.3. The summed E-state index contributed by atoms with van der Waals surface area (Å²) in [5.41, 5.74) is 2.12. The molecule has 40 heavy (non-hydrogen) atoms. The number of benzene rings is 2. The van der Waals surface area contributed by atoms with E-state index in [4.69, 9.17) is 12.2 Å². The molecule has 1 amide bonds. The van der Waals surface area contributed by atoms with Crippen LogP contribution in [0.2, 0.25) is 0 Å². The predicted molar refractivity (Wildman–Crippen MR) is 169 cm³/mol. The number of hydrogen-bond donors (Lipinski definition) is 2. The monoisotopic (exact) mass is 559 g/mol. The third-order valence-corrected chi connectivity index (χ3v) is 10.3. The lowest BCUT2D eigenvalue weighted by Crippen LogP contribution is -2.55. The van der Waals surface area contributed by atoms with Gasteiger partial charge in [-0.15, -0.1) is 0 Å². The van der Waals surface area contributed by atoms with Crippen LogP contribution in [0.3, 0.4) is 0 Å². The highest BCUT2D eigenvalue weighted by Crippen LogP contribution is 2.40. The molecule has 0 unspecified atom stereocenters. The van der Waals surface area contributed by atoms with Gasteiger partial charge in [0.25, 0.3) is 0 Å². The molecule has 2 aromatic carbocycles. The molecular weight excluding hydrogens is 510 g/mol. The molecule has 216 valence electrons. The van der Waals surface area contributed by atoms with Crippen molar-refractivity contribution >= 4 is 23.1 Å². The molecule has 3 aliphatic rings. The van der Waals surface area contributed by atoms with Crippen molar-refractivity contribution in [1.29, 1.82) is 0 Å². The summed E-state index contributed by atoms with van der Waals surface area (Å²) in [6.45, 7) is 3.16. The average molecular weight is 560 g/mol. The minimum absolute atomic E-state index is 0.0886. The van der Waals surface area contributed by atoms with E-state index in [2.05, 4.69) is 76.2 Å². The highest BCUT2D eigenvalue weighted by Gasteiger charge is 2.42. The quantitative estimate of drug-likeness (QED) is 0.300. The van der Waals surface area contributed by atoms with Crippen LogP contribution >= 0.6 is 12.2 Å². The number of nitrogens with zero attached hydrogens (tertiary/aromatic N) is 1. The van der Waals surface area contributed by atoms with Crippen molar-refractivity contribution in [3.8, 4) is 0 Å². The van der Waals surface area contributed by atoms with Gasteiger partial charge in [0.1, 0.15) is 0 Å². The highest BCUT2D eigenvalue weighted by atomic mass is 32.1. The largest absolute Gasteiger partial charge is 0.375 e. The molecule has 2 aromatic rings. The second kappa shape index (κ2) is 14.6. The Labute approximate surface area is 247 Å². The molecule has 0 radical (unpaired) electrons. The average Bonchev–Trinajstić information content (AvgIpc) is 3.02. The van der Waals surface area contributed by atoms with Crippen molar-refractivity contribution in [2.45, 2.75) is 114 Å². The van der Waals surface area contributed by atoms with Gasteiger partial charge in [-0.05, 0) is 55.6 Å². The first-order valence-electron chi connectivity index (χ1n) is 16.1. The molecule has 2 saturated carbocycles. The number of amides is 1. The maximum atomic E-state index is 14.2. The van der Waals surface area contributed by atoms with Crippen molar-refractivity contribution in [3.05, 3.63) is 71.8 Å². The number of hydrogen-bond acceptors (Lipinski definition) is 3. The van der Waals surface area contributed by atoms with Crippen LogP contribution < -0.4 is 10.6 Å². The van der Waals surface area contributed by atoms with Crippen LogP contribution in [0.1, 0.15) is 101 Å². The number of carbonyl (C=O) groups is 1. The molecule has 1 heterocycles. The van der Waals surface area contributed by atoms with Gasteiger partial charge >= 0.3 is 0 Å². The Balaban J connectivity index is 1.23. The standard InChI is InChI=1S/C35H49N3OS/c39-34(35(23-11-4-12-24-35)30-17-9-3-10-18-30)37-32(20-19-28-13-5-1-6-14-28)33(40)36-31-21-25-38(26-22-31)27-29-15-7-2-8-16-29/h2-3,7-10,15-18,28,31-32H,1,4-6,11-14,19-27H2,(H,36,40)(H,37,39)/t32-/m1/s1. The van der Waals surface area contributed by atoms with Crippen molar-refractivity contribution < 1.29 is 4.79 Å². The second-order valence-corrected chi connectivity index (χ2v) is 13.1. The summed E-state index contributed by atoms with van der Waals surface area (Å²) in [5, 5.41) is 7.29. The Morgan fingerprint density at radius 1 is 0.850 bits per heavy atom. The van der Waals surface area contributed by atoms with E-state index in [1.807, 2.05) is 0 Å². The van der Waals surface area contributed by atoms with Crippen LogP contribution in [0.5, 0.6) is 0 Å². The molecule has 1 atom stereocenters. The first kappa shape index (κ1) is 29.3. The molecule has 4 nitrogen and oxygen atoms in total. The maximum Gasteiger partial charge on any atom is 0.231 e. The molecule has 2 aliphatic carbocycles. The van der Waals surface area contributed by atoms with Gasteiger partial charge in [-0.3, -0.25) is 9.69 Å². The lowest BCUT2D eigenvalue weighted by Gasteiger charge is -2.38. The Kier molecular flexibility index (Phi) is 10.7. The molecule has 3 fully saturated rings. The van der Waals surface area contributed by atoms with E-state index in [9.17, 15) is 4.79 Å². The number of piperidine rings is 1. The first-order valence-corrected chi connectivity index (χ1v) is 16.5. The number of likely N-dealkylation sites (tertiary alicyclic amines) is 1. The zero-order valence-electron chi connectivity index (χ0n) is 24.3. The third-order valence-electron chi connectivity index (χ3n) is 9.86. The molecule has 1 saturated heterocycles. The third kappa shape index (κ3) is 7.73. The van der Waals surface area contributed by atoms with Crippen molar-refractivity contribution in [3.63, 3.8) is 0 Å². The fourth-order valence-electron chi connectivity index (χ4n) is 7.38. The van der Waals surface area contributed by atoms with Crippen molar-refractivity contribution in [2.24, 2.45) is 5.92 Å². The Bertz CT molecular complexity index is 1050. The minimum Gasteiger partial charge on any atom is -0.375 e. The van der Waals surface area contributed by atoms with Crippen LogP contribution in [0.4, 0.5) is 0 Å². The smallest absolute Gasteiger partial charge is 0.231 e. The van der Waals surface area contributed by atoms with Gasteiger partial charge in [0.05, 0.1) is 16.4 Å². The number of thiocarbonyl (C=S) groups is 1. The van der Waals surface area contributed by atoms with E-state index < -0.39 is 5.41 Å². The van der Waals surface area contributed by atoms with Crippen LogP contribution in [-0.4, -0.2) is 41.0 Å². The summed E-state index contributed by atoms with van der Waals surface area (Å²) in [4.78, 5) is 17.6. The first-order chi connectivity index (χ1) is 19.6. The maximum absolute atomic E-state index is 14.2. The molecule has 1 aliphatic heterocycles. The van der Waals surface area contributed by atoms with E-state index in [0.717, 1.165) is 81.9 Å². The minimum atomic E-state index is -0.430. The zero-order valence-corrected chi connectivity index (χ0v) is 25.1. The fraction of sp³-hybridized carbons (Fsp3) is 0.600. The van der Waals surface area contributed by atoms with E-state index in [0.29, 0.717) is 6.04 Å². The van der Waals surface area contributed by atoms with E-state index in [1.165, 1.54) is 49.7 Å². The van der Waals surface area contributed by atoms with Crippen LogP contribution in [0.25, 0.3) is 0 Å².